The SMILES string of the molecule is Cc1cc2oc(=O)cc(CN3C(=O)NC4(CCCCc5ccccc54)C3=O)c2cc1C. The van der Waals surface area contributed by atoms with E-state index in [4.69, 9.17) is 4.42 Å². The summed E-state index contributed by atoms with van der Waals surface area (Å²) in [5.74, 6) is -0.253. The molecule has 1 saturated heterocycles. The molecule has 1 aliphatic carbocycles. The molecule has 1 fully saturated rings. The molecule has 2 heterocycles. The van der Waals surface area contributed by atoms with Gasteiger partial charge in [0.05, 0.1) is 6.54 Å². The van der Waals surface area contributed by atoms with E-state index in [1.54, 1.807) is 0 Å². The summed E-state index contributed by atoms with van der Waals surface area (Å²) in [5, 5.41) is 3.75. The van der Waals surface area contributed by atoms with Gasteiger partial charge in [0.15, 0.2) is 0 Å². The molecule has 2 aromatic carbocycles. The lowest BCUT2D eigenvalue weighted by atomic mass is 9.84. The number of aryl methyl sites for hydroxylation is 3. The third kappa shape index (κ3) is 3.05. The number of nitrogens with zero attached hydrogens (tertiary/aromatic N) is 1. The van der Waals surface area contributed by atoms with E-state index in [9.17, 15) is 14.4 Å². The molecule has 6 heteroatoms. The monoisotopic (exact) mass is 416 g/mol. The van der Waals surface area contributed by atoms with E-state index in [-0.39, 0.29) is 12.5 Å². The first-order chi connectivity index (χ1) is 14.9. The van der Waals surface area contributed by atoms with Crippen LogP contribution in [0.4, 0.5) is 4.79 Å². The fourth-order valence-electron chi connectivity index (χ4n) is 4.90. The van der Waals surface area contributed by atoms with Crippen LogP contribution in [-0.2, 0) is 23.3 Å². The van der Waals surface area contributed by atoms with Gasteiger partial charge in [-0.25, -0.2) is 9.59 Å². The first kappa shape index (κ1) is 19.5. The third-order valence-corrected chi connectivity index (χ3v) is 6.67. The van der Waals surface area contributed by atoms with Gasteiger partial charge in [0, 0.05) is 11.5 Å². The average molecular weight is 416 g/mol. The first-order valence-corrected chi connectivity index (χ1v) is 10.7. The van der Waals surface area contributed by atoms with Crippen LogP contribution in [0.25, 0.3) is 11.0 Å². The van der Waals surface area contributed by atoms with Crippen molar-refractivity contribution in [3.8, 4) is 0 Å². The van der Waals surface area contributed by atoms with Gasteiger partial charge in [0.1, 0.15) is 11.1 Å². The standard InChI is InChI=1S/C25H24N2O4/c1-15-11-19-18(13-22(28)31-21(19)12-16(15)2)14-27-23(29)25(26-24(27)30)10-6-5-8-17-7-3-4-9-20(17)25/h3-4,7,9,11-13H,5-6,8,10,14H2,1-2H3,(H,26,30). The highest BCUT2D eigenvalue weighted by Gasteiger charge is 2.53. The maximum atomic E-state index is 13.7. The number of hydrogen-bond donors (Lipinski definition) is 1. The molecule has 3 amide bonds. The second kappa shape index (κ2) is 7.08. The summed E-state index contributed by atoms with van der Waals surface area (Å²) in [5.41, 5.74) is 3.60. The van der Waals surface area contributed by atoms with Crippen molar-refractivity contribution in [2.75, 3.05) is 0 Å². The maximum Gasteiger partial charge on any atom is 0.336 e. The van der Waals surface area contributed by atoms with E-state index in [2.05, 4.69) is 5.32 Å². The van der Waals surface area contributed by atoms with E-state index in [1.165, 1.54) is 11.0 Å². The van der Waals surface area contributed by atoms with Crippen LogP contribution in [0.15, 0.2) is 51.7 Å². The summed E-state index contributed by atoms with van der Waals surface area (Å²) in [6.45, 7) is 3.96. The molecule has 2 aliphatic rings. The lowest BCUT2D eigenvalue weighted by Crippen LogP contribution is -2.44. The summed E-state index contributed by atoms with van der Waals surface area (Å²) in [7, 11) is 0. The highest BCUT2D eigenvalue weighted by molar-refractivity contribution is 6.07. The van der Waals surface area contributed by atoms with E-state index < -0.39 is 17.2 Å². The Balaban J connectivity index is 1.58. The largest absolute Gasteiger partial charge is 0.423 e. The summed E-state index contributed by atoms with van der Waals surface area (Å²) in [6.07, 6.45) is 3.29. The van der Waals surface area contributed by atoms with Gasteiger partial charge in [-0.15, -0.1) is 0 Å². The number of carbonyl (C=O) groups excluding carboxylic acids is 2. The molecule has 3 aromatic rings. The van der Waals surface area contributed by atoms with Crippen LogP contribution in [0.2, 0.25) is 0 Å². The molecule has 5 rings (SSSR count). The zero-order chi connectivity index (χ0) is 21.8. The van der Waals surface area contributed by atoms with Gasteiger partial charge < -0.3 is 9.73 Å². The molecule has 1 unspecified atom stereocenters. The number of amides is 3. The summed E-state index contributed by atoms with van der Waals surface area (Å²) in [4.78, 5) is 40.1. The molecule has 31 heavy (non-hydrogen) atoms. The van der Waals surface area contributed by atoms with Gasteiger partial charge in [-0.3, -0.25) is 9.69 Å². The van der Waals surface area contributed by atoms with Crippen molar-refractivity contribution >= 4 is 22.9 Å². The normalized spacial score (nSPS) is 20.8. The molecule has 1 aromatic heterocycles. The fraction of sp³-hybridized carbons (Fsp3) is 0.320. The molecule has 1 N–H and O–H groups in total. The molecular formula is C25H24N2O4. The molecule has 1 atom stereocenters. The third-order valence-electron chi connectivity index (χ3n) is 6.67. The zero-order valence-corrected chi connectivity index (χ0v) is 17.7. The smallest absolute Gasteiger partial charge is 0.336 e. The Morgan fingerprint density at radius 2 is 1.81 bits per heavy atom. The lowest BCUT2D eigenvalue weighted by Gasteiger charge is -2.27. The van der Waals surface area contributed by atoms with Crippen molar-refractivity contribution in [2.24, 2.45) is 0 Å². The predicted molar refractivity (Wildman–Crippen MR) is 117 cm³/mol. The van der Waals surface area contributed by atoms with Crippen molar-refractivity contribution in [3.05, 3.63) is 80.7 Å². The minimum atomic E-state index is -1.04. The first-order valence-electron chi connectivity index (χ1n) is 10.7. The van der Waals surface area contributed by atoms with Crippen LogP contribution < -0.4 is 10.9 Å². The molecular weight excluding hydrogens is 392 g/mol. The number of carbonyl (C=O) groups is 2. The van der Waals surface area contributed by atoms with Crippen LogP contribution in [0.5, 0.6) is 0 Å². The van der Waals surface area contributed by atoms with E-state index in [0.29, 0.717) is 17.6 Å². The van der Waals surface area contributed by atoms with Crippen LogP contribution >= 0.6 is 0 Å². The molecule has 6 nitrogen and oxygen atoms in total. The Morgan fingerprint density at radius 1 is 1.03 bits per heavy atom. The molecule has 0 radical (unpaired) electrons. The number of nitrogens with one attached hydrogen (secondary N) is 1. The molecule has 0 bridgehead atoms. The Labute approximate surface area is 179 Å². The number of fused-ring (bicyclic) bond motifs is 3. The van der Waals surface area contributed by atoms with E-state index in [1.807, 2.05) is 50.2 Å². The lowest BCUT2D eigenvalue weighted by molar-refractivity contribution is -0.132. The topological polar surface area (TPSA) is 79.6 Å². The number of hydrogen-bond acceptors (Lipinski definition) is 4. The van der Waals surface area contributed by atoms with Crippen molar-refractivity contribution in [1.29, 1.82) is 0 Å². The Bertz CT molecular complexity index is 1290. The van der Waals surface area contributed by atoms with Gasteiger partial charge in [0.25, 0.3) is 5.91 Å². The quantitative estimate of drug-likeness (QED) is 0.504. The molecule has 1 spiro atoms. The molecule has 1 aliphatic heterocycles. The van der Waals surface area contributed by atoms with Crippen LogP contribution in [0.1, 0.15) is 47.1 Å². The average Bonchev–Trinajstić information content (AvgIpc) is 2.88. The summed E-state index contributed by atoms with van der Waals surface area (Å²) >= 11 is 0. The van der Waals surface area contributed by atoms with Crippen molar-refractivity contribution in [3.63, 3.8) is 0 Å². The van der Waals surface area contributed by atoms with E-state index >= 15 is 0 Å². The van der Waals surface area contributed by atoms with Gasteiger partial charge in [-0.1, -0.05) is 24.3 Å². The van der Waals surface area contributed by atoms with Crippen LogP contribution in [0, 0.1) is 13.8 Å². The second-order valence-electron chi connectivity index (χ2n) is 8.61. The van der Waals surface area contributed by atoms with Gasteiger partial charge >= 0.3 is 11.7 Å². The highest BCUT2D eigenvalue weighted by atomic mass is 16.4. The minimum Gasteiger partial charge on any atom is -0.423 e. The van der Waals surface area contributed by atoms with Crippen LogP contribution in [0.3, 0.4) is 0 Å². The van der Waals surface area contributed by atoms with Gasteiger partial charge in [-0.05, 0) is 79.5 Å². The Hall–Kier alpha value is -3.41. The highest BCUT2D eigenvalue weighted by Crippen LogP contribution is 2.39. The minimum absolute atomic E-state index is 0.0270. The fourth-order valence-corrected chi connectivity index (χ4v) is 4.90. The molecule has 0 saturated carbocycles. The zero-order valence-electron chi connectivity index (χ0n) is 17.7. The summed E-state index contributed by atoms with van der Waals surface area (Å²) < 4.78 is 5.37. The summed E-state index contributed by atoms with van der Waals surface area (Å²) in [6, 6.07) is 12.6. The van der Waals surface area contributed by atoms with Gasteiger partial charge in [0.2, 0.25) is 0 Å². The van der Waals surface area contributed by atoms with Crippen molar-refractivity contribution in [1.82, 2.24) is 10.2 Å². The predicted octanol–water partition coefficient (Wildman–Crippen LogP) is 4.08. The van der Waals surface area contributed by atoms with Crippen molar-refractivity contribution in [2.45, 2.75) is 51.6 Å². The number of benzene rings is 2. The molecule has 158 valence electrons. The van der Waals surface area contributed by atoms with E-state index in [0.717, 1.165) is 46.9 Å². The Kier molecular flexibility index (Phi) is 4.46. The maximum absolute atomic E-state index is 13.7. The Morgan fingerprint density at radius 3 is 2.65 bits per heavy atom. The second-order valence-corrected chi connectivity index (χ2v) is 8.61. The van der Waals surface area contributed by atoms with Crippen molar-refractivity contribution < 1.29 is 14.0 Å². The van der Waals surface area contributed by atoms with Crippen LogP contribution in [-0.4, -0.2) is 16.8 Å². The number of imide groups is 1. The number of rotatable bonds is 2. The number of urea groups is 1. The van der Waals surface area contributed by atoms with Gasteiger partial charge in [-0.2, -0.15) is 0 Å².